The second kappa shape index (κ2) is 9.73. The van der Waals surface area contributed by atoms with E-state index in [-0.39, 0.29) is 11.7 Å². The van der Waals surface area contributed by atoms with E-state index >= 15 is 0 Å². The van der Waals surface area contributed by atoms with E-state index < -0.39 is 0 Å². The number of nitrogens with zero attached hydrogens (tertiary/aromatic N) is 3. The molecule has 0 atom stereocenters. The van der Waals surface area contributed by atoms with Crippen LogP contribution in [0.25, 0.3) is 11.3 Å². The van der Waals surface area contributed by atoms with Crippen LogP contribution in [0.5, 0.6) is 0 Å². The highest BCUT2D eigenvalue weighted by molar-refractivity contribution is 5.96. The first-order valence-electron chi connectivity index (χ1n) is 9.78. The minimum absolute atomic E-state index is 0.0758. The summed E-state index contributed by atoms with van der Waals surface area (Å²) >= 11 is 0. The molecular formula is C24H25N3O2. The molecule has 3 rings (SSSR count). The summed E-state index contributed by atoms with van der Waals surface area (Å²) < 4.78 is 0. The number of aromatic nitrogens is 2. The van der Waals surface area contributed by atoms with E-state index in [1.165, 1.54) is 0 Å². The van der Waals surface area contributed by atoms with Gasteiger partial charge in [-0.2, -0.15) is 0 Å². The second-order valence-corrected chi connectivity index (χ2v) is 7.02. The first-order chi connectivity index (χ1) is 14.1. The Morgan fingerprint density at radius 2 is 1.76 bits per heavy atom. The Bertz CT molecular complexity index is 952. The summed E-state index contributed by atoms with van der Waals surface area (Å²) in [6, 6.07) is 15.5. The first-order valence-corrected chi connectivity index (χ1v) is 9.78. The molecule has 0 unspecified atom stereocenters. The Morgan fingerprint density at radius 1 is 0.966 bits per heavy atom. The zero-order chi connectivity index (χ0) is 20.6. The monoisotopic (exact) mass is 387 g/mol. The highest BCUT2D eigenvalue weighted by Crippen LogP contribution is 2.19. The summed E-state index contributed by atoms with van der Waals surface area (Å²) in [5.74, 6) is 0.200. The van der Waals surface area contributed by atoms with Crippen LogP contribution in [0.3, 0.4) is 0 Å². The number of hydrogen-bond acceptors (Lipinski definition) is 4. The molecule has 2 heterocycles. The number of aryl methyl sites for hydroxylation is 1. The molecule has 5 nitrogen and oxygen atoms in total. The van der Waals surface area contributed by atoms with Gasteiger partial charge in [-0.1, -0.05) is 37.3 Å². The van der Waals surface area contributed by atoms with Gasteiger partial charge < -0.3 is 4.90 Å². The van der Waals surface area contributed by atoms with E-state index in [1.807, 2.05) is 62.5 Å². The van der Waals surface area contributed by atoms with Crippen molar-refractivity contribution < 1.29 is 9.59 Å². The Balaban J connectivity index is 1.60. The van der Waals surface area contributed by atoms with E-state index in [0.717, 1.165) is 22.4 Å². The van der Waals surface area contributed by atoms with E-state index in [9.17, 15) is 9.59 Å². The van der Waals surface area contributed by atoms with E-state index in [4.69, 9.17) is 0 Å². The lowest BCUT2D eigenvalue weighted by molar-refractivity contribution is -0.130. The fourth-order valence-corrected chi connectivity index (χ4v) is 3.09. The number of benzene rings is 1. The molecular weight excluding hydrogens is 362 g/mol. The quantitative estimate of drug-likeness (QED) is 0.540. The third-order valence-corrected chi connectivity index (χ3v) is 4.85. The van der Waals surface area contributed by atoms with Gasteiger partial charge >= 0.3 is 0 Å². The molecule has 148 valence electrons. The number of ketones is 1. The van der Waals surface area contributed by atoms with Crippen LogP contribution in [0, 0.1) is 0 Å². The van der Waals surface area contributed by atoms with Gasteiger partial charge in [0, 0.05) is 56.2 Å². The number of hydrogen-bond donors (Lipinski definition) is 0. The maximum absolute atomic E-state index is 12.4. The van der Waals surface area contributed by atoms with Crippen LogP contribution in [0.1, 0.15) is 41.3 Å². The molecule has 2 aromatic heterocycles. The SMILES string of the molecule is CCC(=O)N(C)Cc1ccc(-c2ccc(C(=O)CCc3cccnc3)cn2)cc1. The van der Waals surface area contributed by atoms with Crippen LogP contribution in [-0.4, -0.2) is 33.6 Å². The zero-order valence-corrected chi connectivity index (χ0v) is 16.8. The summed E-state index contributed by atoms with van der Waals surface area (Å²) in [5, 5.41) is 0. The molecule has 1 amide bonds. The molecule has 5 heteroatoms. The minimum Gasteiger partial charge on any atom is -0.341 e. The predicted molar refractivity (Wildman–Crippen MR) is 113 cm³/mol. The molecule has 1 aromatic carbocycles. The maximum atomic E-state index is 12.4. The molecule has 0 radical (unpaired) electrons. The average molecular weight is 387 g/mol. The molecule has 0 bridgehead atoms. The third kappa shape index (κ3) is 5.57. The normalized spacial score (nSPS) is 10.6. The van der Waals surface area contributed by atoms with Crippen molar-refractivity contribution in [2.75, 3.05) is 7.05 Å². The fourth-order valence-electron chi connectivity index (χ4n) is 3.09. The van der Waals surface area contributed by atoms with Crippen LogP contribution in [0.15, 0.2) is 67.1 Å². The molecule has 0 spiro atoms. The lowest BCUT2D eigenvalue weighted by Gasteiger charge is -2.16. The Labute approximate surface area is 171 Å². The average Bonchev–Trinajstić information content (AvgIpc) is 2.78. The first kappa shape index (κ1) is 20.4. The summed E-state index contributed by atoms with van der Waals surface area (Å²) in [7, 11) is 1.81. The zero-order valence-electron chi connectivity index (χ0n) is 16.8. The topological polar surface area (TPSA) is 63.2 Å². The van der Waals surface area contributed by atoms with Crippen molar-refractivity contribution in [2.24, 2.45) is 0 Å². The van der Waals surface area contributed by atoms with E-state index in [0.29, 0.717) is 31.4 Å². The van der Waals surface area contributed by atoms with Crippen molar-refractivity contribution in [3.8, 4) is 11.3 Å². The van der Waals surface area contributed by atoms with Gasteiger partial charge in [0.2, 0.25) is 5.91 Å². The highest BCUT2D eigenvalue weighted by atomic mass is 16.2. The van der Waals surface area contributed by atoms with Gasteiger partial charge in [0.25, 0.3) is 0 Å². The molecule has 0 N–H and O–H groups in total. The number of Topliss-reactive ketones (excluding diaryl/α,β-unsaturated/α-hetero) is 1. The third-order valence-electron chi connectivity index (χ3n) is 4.85. The van der Waals surface area contributed by atoms with Crippen LogP contribution in [-0.2, 0) is 17.8 Å². The van der Waals surface area contributed by atoms with Crippen molar-refractivity contribution >= 4 is 11.7 Å². The van der Waals surface area contributed by atoms with Crippen molar-refractivity contribution in [1.29, 1.82) is 0 Å². The number of carbonyl (C=O) groups excluding carboxylic acids is 2. The minimum atomic E-state index is 0.0758. The molecule has 3 aromatic rings. The lowest BCUT2D eigenvalue weighted by atomic mass is 10.0. The van der Waals surface area contributed by atoms with E-state index in [2.05, 4.69) is 9.97 Å². The predicted octanol–water partition coefficient (Wildman–Crippen LogP) is 4.33. The molecule has 0 aliphatic rings. The number of pyridine rings is 2. The fraction of sp³-hybridized carbons (Fsp3) is 0.250. The van der Waals surface area contributed by atoms with Crippen molar-refractivity contribution in [1.82, 2.24) is 14.9 Å². The van der Waals surface area contributed by atoms with Gasteiger partial charge in [-0.3, -0.25) is 19.6 Å². The van der Waals surface area contributed by atoms with Crippen LogP contribution in [0.2, 0.25) is 0 Å². The van der Waals surface area contributed by atoms with Crippen LogP contribution >= 0.6 is 0 Å². The molecule has 0 aliphatic heterocycles. The van der Waals surface area contributed by atoms with Gasteiger partial charge in [0.05, 0.1) is 5.69 Å². The second-order valence-electron chi connectivity index (χ2n) is 7.02. The van der Waals surface area contributed by atoms with Crippen molar-refractivity contribution in [3.63, 3.8) is 0 Å². The Morgan fingerprint density at radius 3 is 2.38 bits per heavy atom. The van der Waals surface area contributed by atoms with Gasteiger partial charge in [-0.05, 0) is 35.7 Å². The number of amides is 1. The largest absolute Gasteiger partial charge is 0.341 e. The van der Waals surface area contributed by atoms with Crippen LogP contribution in [0.4, 0.5) is 0 Å². The Hall–Kier alpha value is -3.34. The lowest BCUT2D eigenvalue weighted by Crippen LogP contribution is -2.25. The van der Waals surface area contributed by atoms with Crippen molar-refractivity contribution in [2.45, 2.75) is 32.7 Å². The Kier molecular flexibility index (Phi) is 6.85. The van der Waals surface area contributed by atoms with Gasteiger partial charge in [0.1, 0.15) is 0 Å². The van der Waals surface area contributed by atoms with Gasteiger partial charge in [-0.25, -0.2) is 0 Å². The van der Waals surface area contributed by atoms with Crippen molar-refractivity contribution in [3.05, 3.63) is 83.8 Å². The molecule has 0 aliphatic carbocycles. The van der Waals surface area contributed by atoms with Crippen LogP contribution < -0.4 is 0 Å². The number of carbonyl (C=O) groups is 2. The molecule has 0 saturated heterocycles. The summed E-state index contributed by atoms with van der Waals surface area (Å²) in [6.07, 6.45) is 6.77. The summed E-state index contributed by atoms with van der Waals surface area (Å²) in [6.45, 7) is 2.45. The summed E-state index contributed by atoms with van der Waals surface area (Å²) in [5.41, 5.74) is 4.54. The summed E-state index contributed by atoms with van der Waals surface area (Å²) in [4.78, 5) is 34.4. The van der Waals surface area contributed by atoms with Gasteiger partial charge in [-0.15, -0.1) is 0 Å². The molecule has 0 fully saturated rings. The van der Waals surface area contributed by atoms with Gasteiger partial charge in [0.15, 0.2) is 5.78 Å². The molecule has 29 heavy (non-hydrogen) atoms. The van der Waals surface area contributed by atoms with E-state index in [1.54, 1.807) is 23.5 Å². The number of rotatable bonds is 8. The molecule has 0 saturated carbocycles. The standard InChI is InChI=1S/C24H25N3O2/c1-3-24(29)27(2)17-19-6-9-20(10-7-19)22-12-11-21(16-26-22)23(28)13-8-18-5-4-14-25-15-18/h4-7,9-12,14-16H,3,8,13,17H2,1-2H3. The smallest absolute Gasteiger partial charge is 0.222 e. The highest BCUT2D eigenvalue weighted by Gasteiger charge is 2.09. The maximum Gasteiger partial charge on any atom is 0.222 e.